The Morgan fingerprint density at radius 3 is 2.43 bits per heavy atom. The first kappa shape index (κ1) is 18.6. The lowest BCUT2D eigenvalue weighted by Gasteiger charge is -2.42. The third-order valence-electron chi connectivity index (χ3n) is 5.97. The number of benzene rings is 2. The first-order chi connectivity index (χ1) is 13.4. The number of piperidine rings is 1. The highest BCUT2D eigenvalue weighted by Gasteiger charge is 2.45. The quantitative estimate of drug-likeness (QED) is 0.813. The number of likely N-dealkylation sites (tertiary alicyclic amines) is 1. The van der Waals surface area contributed by atoms with Gasteiger partial charge in [0, 0.05) is 26.7 Å². The molecule has 2 N–H and O–H groups in total. The van der Waals surface area contributed by atoms with Gasteiger partial charge in [-0.1, -0.05) is 41.9 Å². The van der Waals surface area contributed by atoms with Gasteiger partial charge in [-0.3, -0.25) is 4.79 Å². The molecule has 6 nitrogen and oxygen atoms in total. The number of hydrogen-bond donors (Lipinski definition) is 2. The van der Waals surface area contributed by atoms with Crippen LogP contribution in [0.25, 0.3) is 11.1 Å². The van der Waals surface area contributed by atoms with Gasteiger partial charge in [0.2, 0.25) is 0 Å². The third kappa shape index (κ3) is 3.07. The molecule has 2 heterocycles. The fourth-order valence-electron chi connectivity index (χ4n) is 4.06. The Morgan fingerprint density at radius 2 is 1.82 bits per heavy atom. The molecule has 0 unspecified atom stereocenters. The maximum absolute atomic E-state index is 13.1. The van der Waals surface area contributed by atoms with Crippen molar-refractivity contribution < 1.29 is 14.7 Å². The van der Waals surface area contributed by atoms with E-state index in [0.717, 1.165) is 11.1 Å². The highest BCUT2D eigenvalue weighted by atomic mass is 35.5. The number of nitrogens with zero attached hydrogens (tertiary/aromatic N) is 2. The van der Waals surface area contributed by atoms with Gasteiger partial charge < -0.3 is 20.2 Å². The second-order valence-electron chi connectivity index (χ2n) is 7.45. The van der Waals surface area contributed by atoms with Gasteiger partial charge in [0.15, 0.2) is 0 Å². The molecule has 2 aromatic carbocycles. The fourth-order valence-corrected chi connectivity index (χ4v) is 4.28. The number of hydrogen-bond acceptors (Lipinski definition) is 3. The predicted molar refractivity (Wildman–Crippen MR) is 108 cm³/mol. The van der Waals surface area contributed by atoms with Crippen molar-refractivity contribution in [2.24, 2.45) is 0 Å². The maximum Gasteiger partial charge on any atom is 0.317 e. The molecule has 0 aliphatic carbocycles. The molecule has 3 amide bonds. The molecule has 2 aromatic rings. The van der Waals surface area contributed by atoms with E-state index in [1.54, 1.807) is 29.0 Å². The molecule has 0 aromatic heterocycles. The summed E-state index contributed by atoms with van der Waals surface area (Å²) in [7, 11) is 1.80. The Morgan fingerprint density at radius 1 is 1.14 bits per heavy atom. The molecule has 7 heteroatoms. The Bertz CT molecular complexity index is 924. The molecule has 0 atom stereocenters. The number of halogens is 1. The zero-order chi connectivity index (χ0) is 19.9. The van der Waals surface area contributed by atoms with Gasteiger partial charge >= 0.3 is 6.03 Å². The minimum absolute atomic E-state index is 0.0697. The van der Waals surface area contributed by atoms with Crippen molar-refractivity contribution in [2.75, 3.05) is 26.7 Å². The van der Waals surface area contributed by atoms with Crippen LogP contribution in [0.5, 0.6) is 5.75 Å². The number of urea groups is 1. The van der Waals surface area contributed by atoms with Gasteiger partial charge in [-0.2, -0.15) is 0 Å². The number of carbonyl (C=O) groups excluding carboxylic acids is 2. The number of amides is 3. The first-order valence-corrected chi connectivity index (χ1v) is 9.68. The smallest absolute Gasteiger partial charge is 0.317 e. The minimum atomic E-state index is -0.244. The van der Waals surface area contributed by atoms with Crippen LogP contribution < -0.4 is 5.32 Å². The largest absolute Gasteiger partial charge is 0.506 e. The van der Waals surface area contributed by atoms with Crippen molar-refractivity contribution >= 4 is 23.5 Å². The van der Waals surface area contributed by atoms with Crippen molar-refractivity contribution in [2.45, 2.75) is 18.4 Å². The summed E-state index contributed by atoms with van der Waals surface area (Å²) < 4.78 is 0. The summed E-state index contributed by atoms with van der Waals surface area (Å²) in [5.74, 6) is -0.437. The van der Waals surface area contributed by atoms with Gasteiger partial charge in [-0.15, -0.1) is 0 Å². The average Bonchev–Trinajstić information content (AvgIpc) is 2.99. The first-order valence-electron chi connectivity index (χ1n) is 9.30. The molecule has 2 aliphatic rings. The van der Waals surface area contributed by atoms with E-state index in [1.807, 2.05) is 30.3 Å². The van der Waals surface area contributed by atoms with Crippen LogP contribution in [0.3, 0.4) is 0 Å². The molecule has 2 saturated heterocycles. The summed E-state index contributed by atoms with van der Waals surface area (Å²) in [5.41, 5.74) is 1.68. The van der Waals surface area contributed by atoms with Crippen LogP contribution in [0.4, 0.5) is 4.79 Å². The van der Waals surface area contributed by atoms with E-state index in [4.69, 9.17) is 11.6 Å². The number of aromatic hydroxyl groups is 1. The van der Waals surface area contributed by atoms with Crippen LogP contribution in [0.2, 0.25) is 5.02 Å². The van der Waals surface area contributed by atoms with Crippen molar-refractivity contribution in [3.63, 3.8) is 0 Å². The highest BCUT2D eigenvalue weighted by molar-refractivity contribution is 6.33. The number of rotatable bonds is 2. The summed E-state index contributed by atoms with van der Waals surface area (Å²) in [5, 5.41) is 13.4. The lowest BCUT2D eigenvalue weighted by Crippen LogP contribution is -2.54. The van der Waals surface area contributed by atoms with Crippen LogP contribution in [0.1, 0.15) is 23.2 Å². The van der Waals surface area contributed by atoms with Gasteiger partial charge in [-0.25, -0.2) is 4.79 Å². The molecular weight excluding hydrogens is 378 g/mol. The zero-order valence-corrected chi connectivity index (χ0v) is 16.4. The number of phenolic OH excluding ortho intramolecular Hbond substituents is 1. The van der Waals surface area contributed by atoms with Crippen LogP contribution in [-0.4, -0.2) is 59.1 Å². The summed E-state index contributed by atoms with van der Waals surface area (Å²) in [6.45, 7) is 1.64. The molecule has 0 radical (unpaired) electrons. The van der Waals surface area contributed by atoms with Crippen molar-refractivity contribution in [1.29, 1.82) is 0 Å². The van der Waals surface area contributed by atoms with Crippen LogP contribution in [-0.2, 0) is 0 Å². The molecule has 28 heavy (non-hydrogen) atoms. The predicted octanol–water partition coefficient (Wildman–Crippen LogP) is 3.34. The second kappa shape index (κ2) is 7.02. The molecule has 4 rings (SSSR count). The van der Waals surface area contributed by atoms with E-state index >= 15 is 0 Å². The van der Waals surface area contributed by atoms with E-state index in [2.05, 4.69) is 5.32 Å². The third-order valence-corrected chi connectivity index (χ3v) is 6.26. The van der Waals surface area contributed by atoms with Gasteiger partial charge in [0.1, 0.15) is 5.75 Å². The molecular formula is C21H22ClN3O3. The number of likely N-dealkylation sites (N-methyl/N-ethyl adjacent to an activating group) is 1. The molecule has 2 aliphatic heterocycles. The number of phenols is 1. The van der Waals surface area contributed by atoms with Crippen molar-refractivity contribution in [3.8, 4) is 16.9 Å². The van der Waals surface area contributed by atoms with Crippen LogP contribution in [0.15, 0.2) is 42.5 Å². The lowest BCUT2D eigenvalue weighted by molar-refractivity contribution is 0.0563. The molecule has 0 saturated carbocycles. The summed E-state index contributed by atoms with van der Waals surface area (Å²) in [6.07, 6.45) is 1.39. The minimum Gasteiger partial charge on any atom is -0.506 e. The van der Waals surface area contributed by atoms with Crippen LogP contribution >= 0.6 is 11.6 Å². The average molecular weight is 400 g/mol. The van der Waals surface area contributed by atoms with E-state index in [1.165, 1.54) is 0 Å². The van der Waals surface area contributed by atoms with E-state index in [0.29, 0.717) is 32.5 Å². The highest BCUT2D eigenvalue weighted by Crippen LogP contribution is 2.36. The lowest BCUT2D eigenvalue weighted by atomic mass is 9.87. The summed E-state index contributed by atoms with van der Waals surface area (Å²) in [4.78, 5) is 28.4. The Balaban J connectivity index is 1.57. The molecule has 0 bridgehead atoms. The van der Waals surface area contributed by atoms with E-state index in [-0.39, 0.29) is 33.8 Å². The maximum atomic E-state index is 13.1. The topological polar surface area (TPSA) is 72.9 Å². The van der Waals surface area contributed by atoms with Gasteiger partial charge in [0.25, 0.3) is 5.91 Å². The summed E-state index contributed by atoms with van der Waals surface area (Å²) in [6, 6.07) is 12.9. The molecule has 1 spiro atoms. The monoisotopic (exact) mass is 399 g/mol. The van der Waals surface area contributed by atoms with Crippen LogP contribution in [0, 0.1) is 0 Å². The molecule has 146 valence electrons. The number of carbonyl (C=O) groups is 2. The van der Waals surface area contributed by atoms with Crippen molar-refractivity contribution in [1.82, 2.24) is 15.1 Å². The van der Waals surface area contributed by atoms with E-state index < -0.39 is 0 Å². The van der Waals surface area contributed by atoms with E-state index in [9.17, 15) is 14.7 Å². The van der Waals surface area contributed by atoms with Gasteiger partial charge in [-0.05, 0) is 36.1 Å². The second-order valence-corrected chi connectivity index (χ2v) is 7.86. The Hall–Kier alpha value is -2.73. The van der Waals surface area contributed by atoms with Gasteiger partial charge in [0.05, 0.1) is 16.1 Å². The normalized spacial score (nSPS) is 18.4. The standard InChI is InChI=1S/C21H22ClN3O3/c1-24-20(28)23-13-21(24)7-9-25(10-8-21)19(27)16-11-15(12-17(22)18(16)26)14-5-3-2-4-6-14/h2-6,11-12,26H,7-10,13H2,1H3,(H,23,28). The SMILES string of the molecule is CN1C(=O)NCC12CCN(C(=O)c1cc(-c3ccccc3)cc(Cl)c1O)CC2. The van der Waals surface area contributed by atoms with Crippen molar-refractivity contribution in [3.05, 3.63) is 53.1 Å². The fraction of sp³-hybridized carbons (Fsp3) is 0.333. The molecule has 2 fully saturated rings. The zero-order valence-electron chi connectivity index (χ0n) is 15.6. The Labute approximate surface area is 168 Å². The number of nitrogens with one attached hydrogen (secondary N) is 1. The Kier molecular flexibility index (Phi) is 4.67. The summed E-state index contributed by atoms with van der Waals surface area (Å²) >= 11 is 6.21.